The summed E-state index contributed by atoms with van der Waals surface area (Å²) in [5.41, 5.74) is 5.89. The van der Waals surface area contributed by atoms with Crippen molar-refractivity contribution in [3.05, 3.63) is 11.8 Å². The fraction of sp³-hybridized carbons (Fsp3) is 0.615. The van der Waals surface area contributed by atoms with E-state index in [1.54, 1.807) is 0 Å². The summed E-state index contributed by atoms with van der Waals surface area (Å²) < 4.78 is 5.13. The first kappa shape index (κ1) is 16.0. The molecule has 4 N–H and O–H groups in total. The van der Waals surface area contributed by atoms with E-state index in [9.17, 15) is 4.79 Å². The fourth-order valence-corrected chi connectivity index (χ4v) is 1.49. The molecule has 1 heterocycles. The molecule has 0 fully saturated rings. The van der Waals surface area contributed by atoms with Gasteiger partial charge in [-0.15, -0.1) is 0 Å². The van der Waals surface area contributed by atoms with Crippen molar-refractivity contribution in [2.24, 2.45) is 0 Å². The molecule has 7 nitrogen and oxygen atoms in total. The average Bonchev–Trinajstić information content (AvgIpc) is 2.24. The number of nitrogens with one attached hydrogen (secondary N) is 2. The topological polar surface area (TPSA) is 102 Å². The van der Waals surface area contributed by atoms with Gasteiger partial charge in [-0.25, -0.2) is 9.78 Å². The Hall–Kier alpha value is -2.05. The molecule has 0 bridgehead atoms. The third-order valence-electron chi connectivity index (χ3n) is 2.20. The molecule has 1 aromatic heterocycles. The van der Waals surface area contributed by atoms with E-state index in [0.717, 1.165) is 12.1 Å². The summed E-state index contributed by atoms with van der Waals surface area (Å²) in [7, 11) is 0. The predicted octanol–water partition coefficient (Wildman–Crippen LogP) is 1.69. The van der Waals surface area contributed by atoms with Crippen molar-refractivity contribution in [1.29, 1.82) is 0 Å². The molecule has 0 aliphatic rings. The molecule has 0 radical (unpaired) electrons. The Labute approximate surface area is 119 Å². The van der Waals surface area contributed by atoms with Crippen molar-refractivity contribution < 1.29 is 9.53 Å². The number of nitrogens with two attached hydrogens (primary N) is 1. The van der Waals surface area contributed by atoms with E-state index >= 15 is 0 Å². The lowest BCUT2D eigenvalue weighted by molar-refractivity contribution is 0.0528. The largest absolute Gasteiger partial charge is 0.444 e. The van der Waals surface area contributed by atoms with Crippen LogP contribution in [0.4, 0.5) is 16.6 Å². The first-order valence-electron chi connectivity index (χ1n) is 6.58. The lowest BCUT2D eigenvalue weighted by Gasteiger charge is -2.19. The van der Waals surface area contributed by atoms with Crippen LogP contribution in [0.2, 0.25) is 0 Å². The molecule has 0 aliphatic carbocycles. The number of nitrogen functional groups attached to an aromatic ring is 1. The highest BCUT2D eigenvalue weighted by Gasteiger charge is 2.15. The second kappa shape index (κ2) is 6.93. The van der Waals surface area contributed by atoms with Crippen LogP contribution in [-0.2, 0) is 4.74 Å². The monoisotopic (exact) mass is 281 g/mol. The van der Waals surface area contributed by atoms with Gasteiger partial charge in [0.1, 0.15) is 11.4 Å². The van der Waals surface area contributed by atoms with E-state index in [1.165, 1.54) is 0 Å². The molecular weight excluding hydrogens is 258 g/mol. The molecule has 20 heavy (non-hydrogen) atoms. The van der Waals surface area contributed by atoms with Crippen molar-refractivity contribution in [2.75, 3.05) is 24.1 Å². The second-order valence-corrected chi connectivity index (χ2v) is 5.46. The van der Waals surface area contributed by atoms with Gasteiger partial charge in [-0.05, 0) is 34.1 Å². The average molecular weight is 281 g/mol. The van der Waals surface area contributed by atoms with E-state index in [1.807, 2.05) is 33.8 Å². The number of hydrogen-bond donors (Lipinski definition) is 3. The Morgan fingerprint density at radius 3 is 2.65 bits per heavy atom. The van der Waals surface area contributed by atoms with Gasteiger partial charge in [0.2, 0.25) is 5.95 Å². The number of alkyl carbamates (subject to hydrolysis) is 1. The summed E-state index contributed by atoms with van der Waals surface area (Å²) in [6.07, 6.45) is 0.349. The number of amides is 1. The lowest BCUT2D eigenvalue weighted by Crippen LogP contribution is -2.33. The Bertz CT molecular complexity index is 436. The van der Waals surface area contributed by atoms with Crippen molar-refractivity contribution >= 4 is 17.9 Å². The first-order valence-corrected chi connectivity index (χ1v) is 6.58. The van der Waals surface area contributed by atoms with Gasteiger partial charge >= 0.3 is 6.09 Å². The fourth-order valence-electron chi connectivity index (χ4n) is 1.49. The summed E-state index contributed by atoms with van der Waals surface area (Å²) in [6.45, 7) is 8.54. The van der Waals surface area contributed by atoms with Crippen molar-refractivity contribution in [2.45, 2.75) is 39.7 Å². The predicted molar refractivity (Wildman–Crippen MR) is 78.5 cm³/mol. The highest BCUT2D eigenvalue weighted by atomic mass is 16.6. The van der Waals surface area contributed by atoms with E-state index in [4.69, 9.17) is 10.5 Å². The minimum absolute atomic E-state index is 0.249. The Balaban J connectivity index is 2.20. The molecule has 7 heteroatoms. The van der Waals surface area contributed by atoms with Crippen LogP contribution in [0.3, 0.4) is 0 Å². The Kier molecular flexibility index (Phi) is 5.54. The standard InChI is InChI=1S/C13H23N5O2/c1-9-8-10(18-11(14)17-9)15-6-5-7-16-12(19)20-13(2,3)4/h8H,5-7H2,1-4H3,(H,16,19)(H3,14,15,17,18). The number of carbonyl (C=O) groups is 1. The van der Waals surface area contributed by atoms with Gasteiger partial charge in [0.05, 0.1) is 0 Å². The van der Waals surface area contributed by atoms with Gasteiger partial charge in [0, 0.05) is 24.8 Å². The molecule has 1 aromatic rings. The summed E-state index contributed by atoms with van der Waals surface area (Å²) in [5.74, 6) is 0.937. The molecule has 1 rings (SSSR count). The van der Waals surface area contributed by atoms with E-state index in [-0.39, 0.29) is 5.95 Å². The molecule has 0 aliphatic heterocycles. The zero-order valence-electron chi connectivity index (χ0n) is 12.5. The third kappa shape index (κ3) is 6.77. The SMILES string of the molecule is Cc1cc(NCCCNC(=O)OC(C)(C)C)nc(N)n1. The third-order valence-corrected chi connectivity index (χ3v) is 2.20. The highest BCUT2D eigenvalue weighted by Crippen LogP contribution is 2.07. The summed E-state index contributed by atoms with van der Waals surface area (Å²) in [6, 6.07) is 1.82. The number of nitrogens with zero attached hydrogens (tertiary/aromatic N) is 2. The van der Waals surface area contributed by atoms with Gasteiger partial charge in [-0.1, -0.05) is 0 Å². The van der Waals surface area contributed by atoms with Crippen LogP contribution in [0.25, 0.3) is 0 Å². The van der Waals surface area contributed by atoms with Crippen molar-refractivity contribution in [3.63, 3.8) is 0 Å². The number of ether oxygens (including phenoxy) is 1. The zero-order chi connectivity index (χ0) is 15.2. The molecule has 112 valence electrons. The van der Waals surface area contributed by atoms with Gasteiger partial charge < -0.3 is 21.1 Å². The quantitative estimate of drug-likeness (QED) is 0.710. The van der Waals surface area contributed by atoms with Crippen LogP contribution in [0, 0.1) is 6.92 Å². The maximum absolute atomic E-state index is 11.4. The van der Waals surface area contributed by atoms with Crippen LogP contribution >= 0.6 is 0 Å². The highest BCUT2D eigenvalue weighted by molar-refractivity contribution is 5.67. The molecule has 0 saturated heterocycles. The van der Waals surface area contributed by atoms with E-state index in [0.29, 0.717) is 18.9 Å². The van der Waals surface area contributed by atoms with Crippen LogP contribution in [0.1, 0.15) is 32.9 Å². The molecule has 0 atom stereocenters. The maximum atomic E-state index is 11.4. The number of rotatable bonds is 5. The maximum Gasteiger partial charge on any atom is 0.407 e. The molecule has 0 saturated carbocycles. The van der Waals surface area contributed by atoms with Crippen molar-refractivity contribution in [1.82, 2.24) is 15.3 Å². The first-order chi connectivity index (χ1) is 9.26. The number of carbonyl (C=O) groups excluding carboxylic acids is 1. The smallest absolute Gasteiger partial charge is 0.407 e. The van der Waals surface area contributed by atoms with Crippen LogP contribution in [0.5, 0.6) is 0 Å². The molecule has 0 spiro atoms. The number of hydrogen-bond acceptors (Lipinski definition) is 6. The lowest BCUT2D eigenvalue weighted by atomic mass is 10.2. The van der Waals surface area contributed by atoms with Crippen molar-refractivity contribution in [3.8, 4) is 0 Å². The van der Waals surface area contributed by atoms with Gasteiger partial charge in [0.15, 0.2) is 0 Å². The molecule has 0 aromatic carbocycles. The summed E-state index contributed by atoms with van der Waals surface area (Å²) in [4.78, 5) is 19.4. The van der Waals surface area contributed by atoms with Gasteiger partial charge in [-0.2, -0.15) is 4.98 Å². The van der Waals surface area contributed by atoms with E-state index in [2.05, 4.69) is 20.6 Å². The van der Waals surface area contributed by atoms with Gasteiger partial charge in [-0.3, -0.25) is 0 Å². The molecule has 1 amide bonds. The molecular formula is C13H23N5O2. The minimum Gasteiger partial charge on any atom is -0.444 e. The summed E-state index contributed by atoms with van der Waals surface area (Å²) >= 11 is 0. The number of aromatic nitrogens is 2. The van der Waals surface area contributed by atoms with Crippen LogP contribution in [0.15, 0.2) is 6.07 Å². The second-order valence-electron chi connectivity index (χ2n) is 5.46. The number of aryl methyl sites for hydroxylation is 1. The van der Waals surface area contributed by atoms with Crippen LogP contribution in [-0.4, -0.2) is 34.8 Å². The minimum atomic E-state index is -0.474. The van der Waals surface area contributed by atoms with E-state index < -0.39 is 11.7 Å². The van der Waals surface area contributed by atoms with Gasteiger partial charge in [0.25, 0.3) is 0 Å². The molecule has 0 unspecified atom stereocenters. The van der Waals surface area contributed by atoms with Crippen LogP contribution < -0.4 is 16.4 Å². The Morgan fingerprint density at radius 2 is 2.05 bits per heavy atom. The Morgan fingerprint density at radius 1 is 1.35 bits per heavy atom. The number of anilines is 2. The zero-order valence-corrected chi connectivity index (χ0v) is 12.5. The summed E-state index contributed by atoms with van der Waals surface area (Å²) in [5, 5.41) is 5.81. The normalized spacial score (nSPS) is 11.0.